The highest BCUT2D eigenvalue weighted by atomic mass is 16.6. The highest BCUT2D eigenvalue weighted by Crippen LogP contribution is 2.29. The van der Waals surface area contributed by atoms with Crippen LogP contribution in [0.15, 0.2) is 23.3 Å². The first-order valence-corrected chi connectivity index (χ1v) is 9.33. The largest absolute Gasteiger partial charge is 0.379 e. The number of amides is 2. The molecule has 0 unspecified atom stereocenters. The molecule has 0 aromatic rings. The second-order valence-corrected chi connectivity index (χ2v) is 6.02. The Balaban J connectivity index is 1.45. The average molecular weight is 367 g/mol. The van der Waals surface area contributed by atoms with Crippen LogP contribution in [-0.2, 0) is 28.5 Å². The van der Waals surface area contributed by atoms with Gasteiger partial charge in [0.1, 0.15) is 0 Å². The van der Waals surface area contributed by atoms with E-state index in [1.165, 1.54) is 4.90 Å². The molecule has 0 spiro atoms. The van der Waals surface area contributed by atoms with Crippen molar-refractivity contribution in [3.05, 3.63) is 23.3 Å². The summed E-state index contributed by atoms with van der Waals surface area (Å²) >= 11 is 0. The van der Waals surface area contributed by atoms with Crippen LogP contribution in [0.3, 0.4) is 0 Å². The number of fused-ring (bicyclic) bond motifs is 1. The molecule has 1 saturated heterocycles. The Hall–Kier alpha value is -1.54. The van der Waals surface area contributed by atoms with E-state index < -0.39 is 0 Å². The fourth-order valence-corrected chi connectivity index (χ4v) is 2.73. The number of allylic oxidation sites excluding steroid dienone is 2. The molecule has 1 heterocycles. The Morgan fingerprint density at radius 1 is 0.731 bits per heavy atom. The third-order valence-corrected chi connectivity index (χ3v) is 4.03. The summed E-state index contributed by atoms with van der Waals surface area (Å²) in [6, 6.07) is 0. The molecule has 2 rings (SSSR count). The van der Waals surface area contributed by atoms with Gasteiger partial charge in [0.05, 0.1) is 52.8 Å². The van der Waals surface area contributed by atoms with Crippen molar-refractivity contribution in [2.24, 2.45) is 0 Å². The number of hydrogen-bond donors (Lipinski definition) is 0. The summed E-state index contributed by atoms with van der Waals surface area (Å²) in [5.41, 5.74) is 1.09. The highest BCUT2D eigenvalue weighted by molar-refractivity contribution is 6.24. The third kappa shape index (κ3) is 6.32. The van der Waals surface area contributed by atoms with Gasteiger partial charge in [0.15, 0.2) is 0 Å². The summed E-state index contributed by atoms with van der Waals surface area (Å²) in [5.74, 6) is -0.415. The van der Waals surface area contributed by atoms with Crippen molar-refractivity contribution in [1.29, 1.82) is 0 Å². The second kappa shape index (κ2) is 12.0. The molecule has 0 aromatic heterocycles. The lowest BCUT2D eigenvalue weighted by Gasteiger charge is -2.13. The minimum atomic E-state index is -0.208. The zero-order valence-corrected chi connectivity index (χ0v) is 15.5. The van der Waals surface area contributed by atoms with Crippen LogP contribution in [0, 0.1) is 0 Å². The number of ether oxygens (including phenoxy) is 4. The van der Waals surface area contributed by atoms with Gasteiger partial charge in [0, 0.05) is 17.8 Å². The standard InChI is InChI=1S/C19H29NO6/c1-2-8-23-10-12-25-14-15-26-13-11-24-9-7-20-18(21)16-5-3-4-6-17(16)19(20)22/h5-6H,2-4,7-15H2,1H3. The minimum Gasteiger partial charge on any atom is -0.379 e. The summed E-state index contributed by atoms with van der Waals surface area (Å²) in [7, 11) is 0. The SMILES string of the molecule is CCCOCCOCCOCCOCCN1C(=O)C2=CCCC=C2C1=O. The fraction of sp³-hybridized carbons (Fsp3) is 0.684. The molecule has 0 saturated carbocycles. The van der Waals surface area contributed by atoms with E-state index in [-0.39, 0.29) is 18.4 Å². The van der Waals surface area contributed by atoms with E-state index in [2.05, 4.69) is 6.92 Å². The predicted molar refractivity (Wildman–Crippen MR) is 95.7 cm³/mol. The smallest absolute Gasteiger partial charge is 0.261 e. The van der Waals surface area contributed by atoms with Crippen LogP contribution in [-0.4, -0.2) is 76.1 Å². The van der Waals surface area contributed by atoms with Crippen LogP contribution in [0.5, 0.6) is 0 Å². The Morgan fingerprint density at radius 3 is 1.62 bits per heavy atom. The van der Waals surface area contributed by atoms with Crippen molar-refractivity contribution < 1.29 is 28.5 Å². The summed E-state index contributed by atoms with van der Waals surface area (Å²) in [4.78, 5) is 25.6. The number of carbonyl (C=O) groups is 2. The molecule has 26 heavy (non-hydrogen) atoms. The zero-order chi connectivity index (χ0) is 18.6. The molecule has 1 fully saturated rings. The Labute approximate surface area is 154 Å². The molecule has 7 heteroatoms. The van der Waals surface area contributed by atoms with Crippen LogP contribution < -0.4 is 0 Å². The summed E-state index contributed by atoms with van der Waals surface area (Å²) in [5, 5.41) is 0. The van der Waals surface area contributed by atoms with Crippen molar-refractivity contribution in [3.63, 3.8) is 0 Å². The molecular weight excluding hydrogens is 338 g/mol. The fourth-order valence-electron chi connectivity index (χ4n) is 2.73. The van der Waals surface area contributed by atoms with Crippen LogP contribution in [0.25, 0.3) is 0 Å². The predicted octanol–water partition coefficient (Wildman–Crippen LogP) is 1.48. The van der Waals surface area contributed by atoms with E-state index in [4.69, 9.17) is 18.9 Å². The molecule has 2 amide bonds. The van der Waals surface area contributed by atoms with Gasteiger partial charge in [0.25, 0.3) is 11.8 Å². The first-order chi connectivity index (χ1) is 12.8. The van der Waals surface area contributed by atoms with Gasteiger partial charge in [-0.25, -0.2) is 0 Å². The molecule has 0 bridgehead atoms. The minimum absolute atomic E-state index is 0.208. The van der Waals surface area contributed by atoms with Gasteiger partial charge in [-0.15, -0.1) is 0 Å². The molecule has 0 atom stereocenters. The summed E-state index contributed by atoms with van der Waals surface area (Å²) in [6.45, 7) is 6.50. The molecule has 1 aliphatic heterocycles. The molecule has 0 aromatic carbocycles. The highest BCUT2D eigenvalue weighted by Gasteiger charge is 2.38. The zero-order valence-electron chi connectivity index (χ0n) is 15.5. The van der Waals surface area contributed by atoms with Gasteiger partial charge in [0.2, 0.25) is 0 Å². The maximum absolute atomic E-state index is 12.2. The van der Waals surface area contributed by atoms with Crippen molar-refractivity contribution >= 4 is 11.8 Å². The molecule has 7 nitrogen and oxygen atoms in total. The van der Waals surface area contributed by atoms with Gasteiger partial charge in [-0.1, -0.05) is 19.1 Å². The average Bonchev–Trinajstić information content (AvgIpc) is 2.90. The number of hydrogen-bond acceptors (Lipinski definition) is 6. The lowest BCUT2D eigenvalue weighted by molar-refractivity contribution is -0.137. The molecular formula is C19H29NO6. The van der Waals surface area contributed by atoms with E-state index >= 15 is 0 Å². The first-order valence-electron chi connectivity index (χ1n) is 9.33. The van der Waals surface area contributed by atoms with Crippen molar-refractivity contribution in [3.8, 4) is 0 Å². The van der Waals surface area contributed by atoms with Crippen molar-refractivity contribution in [2.75, 3.05) is 59.4 Å². The molecule has 0 N–H and O–H groups in total. The Morgan fingerprint density at radius 2 is 1.15 bits per heavy atom. The summed E-state index contributed by atoms with van der Waals surface area (Å²) in [6.07, 6.45) is 6.34. The lowest BCUT2D eigenvalue weighted by atomic mass is 10.0. The van der Waals surface area contributed by atoms with Crippen LogP contribution >= 0.6 is 0 Å². The monoisotopic (exact) mass is 367 g/mol. The van der Waals surface area contributed by atoms with Gasteiger partial charge in [-0.05, 0) is 19.3 Å². The number of likely N-dealkylation sites (tertiary alicyclic amines) is 1. The molecule has 1 aliphatic carbocycles. The van der Waals surface area contributed by atoms with E-state index in [9.17, 15) is 9.59 Å². The number of rotatable bonds is 14. The van der Waals surface area contributed by atoms with Gasteiger partial charge in [-0.2, -0.15) is 0 Å². The quantitative estimate of drug-likeness (QED) is 0.342. The Bertz CT molecular complexity index is 496. The second-order valence-electron chi connectivity index (χ2n) is 6.02. The van der Waals surface area contributed by atoms with Crippen LogP contribution in [0.1, 0.15) is 26.2 Å². The van der Waals surface area contributed by atoms with E-state index in [0.717, 1.165) is 25.9 Å². The van der Waals surface area contributed by atoms with Gasteiger partial charge >= 0.3 is 0 Å². The van der Waals surface area contributed by atoms with Gasteiger partial charge in [-0.3, -0.25) is 14.5 Å². The van der Waals surface area contributed by atoms with Crippen molar-refractivity contribution in [2.45, 2.75) is 26.2 Å². The number of imide groups is 1. The van der Waals surface area contributed by atoms with E-state index in [1.807, 2.05) is 12.2 Å². The molecule has 2 aliphatic rings. The Kier molecular flexibility index (Phi) is 9.55. The van der Waals surface area contributed by atoms with E-state index in [0.29, 0.717) is 57.4 Å². The maximum Gasteiger partial charge on any atom is 0.261 e. The third-order valence-electron chi connectivity index (χ3n) is 4.03. The molecule has 146 valence electrons. The normalized spacial score (nSPS) is 16.7. The number of carbonyl (C=O) groups excluding carboxylic acids is 2. The first kappa shape index (κ1) is 20.8. The van der Waals surface area contributed by atoms with Crippen LogP contribution in [0.4, 0.5) is 0 Å². The maximum atomic E-state index is 12.2. The van der Waals surface area contributed by atoms with Gasteiger partial charge < -0.3 is 18.9 Å². The van der Waals surface area contributed by atoms with Crippen LogP contribution in [0.2, 0.25) is 0 Å². The molecule has 0 radical (unpaired) electrons. The number of nitrogens with zero attached hydrogens (tertiary/aromatic N) is 1. The lowest BCUT2D eigenvalue weighted by Crippen LogP contribution is -2.33. The topological polar surface area (TPSA) is 74.3 Å². The van der Waals surface area contributed by atoms with E-state index in [1.54, 1.807) is 0 Å². The summed E-state index contributed by atoms with van der Waals surface area (Å²) < 4.78 is 21.5. The van der Waals surface area contributed by atoms with Crippen molar-refractivity contribution in [1.82, 2.24) is 4.90 Å².